The number of nitrogens with one attached hydrogen (secondary N) is 1. The van der Waals surface area contributed by atoms with Crippen LogP contribution in [0, 0.1) is 5.82 Å². The van der Waals surface area contributed by atoms with Crippen LogP contribution >= 0.6 is 11.6 Å². The molecule has 2 rings (SSSR count). The Morgan fingerprint density at radius 2 is 2.38 bits per heavy atom. The average molecular weight is 244 g/mol. The molecule has 0 bridgehead atoms. The highest BCUT2D eigenvalue weighted by Crippen LogP contribution is 2.22. The minimum absolute atomic E-state index is 0.337. The number of pyridine rings is 1. The lowest BCUT2D eigenvalue weighted by atomic mass is 10.1. The van der Waals surface area contributed by atoms with Crippen LogP contribution < -0.4 is 10.2 Å². The van der Waals surface area contributed by atoms with Gasteiger partial charge < -0.3 is 10.2 Å². The zero-order valence-corrected chi connectivity index (χ0v) is 9.97. The SMILES string of the molecule is CCCN(c1ncc(Cl)cc1F)C1CNC1. The van der Waals surface area contributed by atoms with Crippen LogP contribution in [0.3, 0.4) is 0 Å². The van der Waals surface area contributed by atoms with Crippen LogP contribution in [-0.4, -0.2) is 30.7 Å². The molecule has 88 valence electrons. The molecule has 1 aromatic heterocycles. The molecule has 0 saturated carbocycles. The normalized spacial score (nSPS) is 15.9. The minimum Gasteiger partial charge on any atom is -0.349 e. The molecule has 1 aliphatic heterocycles. The lowest BCUT2D eigenvalue weighted by Crippen LogP contribution is -2.58. The summed E-state index contributed by atoms with van der Waals surface area (Å²) in [5.74, 6) is 0.0746. The molecule has 5 heteroatoms. The van der Waals surface area contributed by atoms with Gasteiger partial charge in [-0.1, -0.05) is 18.5 Å². The van der Waals surface area contributed by atoms with E-state index in [0.717, 1.165) is 26.1 Å². The third-order valence-electron chi connectivity index (χ3n) is 2.73. The standard InChI is InChI=1S/C11H15ClFN3/c1-2-3-16(9-6-14-7-9)11-10(13)4-8(12)5-15-11/h4-5,9,14H,2-3,6-7H2,1H3. The van der Waals surface area contributed by atoms with Crippen molar-refractivity contribution in [1.82, 2.24) is 10.3 Å². The molecule has 0 unspecified atom stereocenters. The van der Waals surface area contributed by atoms with E-state index in [1.54, 1.807) is 0 Å². The molecule has 1 saturated heterocycles. The van der Waals surface area contributed by atoms with Gasteiger partial charge in [0.2, 0.25) is 0 Å². The number of hydrogen-bond donors (Lipinski definition) is 1. The molecule has 0 aromatic carbocycles. The highest BCUT2D eigenvalue weighted by atomic mass is 35.5. The molecule has 0 spiro atoms. The number of hydrogen-bond acceptors (Lipinski definition) is 3. The second-order valence-electron chi connectivity index (χ2n) is 3.96. The van der Waals surface area contributed by atoms with Crippen LogP contribution in [0.25, 0.3) is 0 Å². The van der Waals surface area contributed by atoms with E-state index < -0.39 is 0 Å². The number of halogens is 2. The van der Waals surface area contributed by atoms with Gasteiger partial charge in [-0.25, -0.2) is 9.37 Å². The van der Waals surface area contributed by atoms with Crippen molar-refractivity contribution < 1.29 is 4.39 Å². The summed E-state index contributed by atoms with van der Waals surface area (Å²) in [5, 5.41) is 3.52. The van der Waals surface area contributed by atoms with E-state index in [2.05, 4.69) is 17.2 Å². The first-order chi connectivity index (χ1) is 7.72. The summed E-state index contributed by atoms with van der Waals surface area (Å²) in [7, 11) is 0. The predicted octanol–water partition coefficient (Wildman–Crippen LogP) is 2.06. The van der Waals surface area contributed by atoms with E-state index in [0.29, 0.717) is 16.9 Å². The van der Waals surface area contributed by atoms with E-state index in [9.17, 15) is 4.39 Å². The van der Waals surface area contributed by atoms with Crippen molar-refractivity contribution in [1.29, 1.82) is 0 Å². The van der Waals surface area contributed by atoms with E-state index >= 15 is 0 Å². The smallest absolute Gasteiger partial charge is 0.167 e. The molecule has 1 aromatic rings. The fourth-order valence-electron chi connectivity index (χ4n) is 1.81. The monoisotopic (exact) mass is 243 g/mol. The highest BCUT2D eigenvalue weighted by Gasteiger charge is 2.26. The fraction of sp³-hybridized carbons (Fsp3) is 0.545. The fourth-order valence-corrected chi connectivity index (χ4v) is 1.96. The summed E-state index contributed by atoms with van der Waals surface area (Å²) in [5.41, 5.74) is 0. The third kappa shape index (κ3) is 2.28. The van der Waals surface area contributed by atoms with Gasteiger partial charge in [-0.3, -0.25) is 0 Å². The molecule has 1 N–H and O–H groups in total. The molecule has 0 aliphatic carbocycles. The van der Waals surface area contributed by atoms with Crippen LogP contribution in [0.4, 0.5) is 10.2 Å². The van der Waals surface area contributed by atoms with Crippen molar-refractivity contribution in [3.63, 3.8) is 0 Å². The molecular weight excluding hydrogens is 229 g/mol. The molecule has 16 heavy (non-hydrogen) atoms. The Labute approximate surface area is 99.6 Å². The molecule has 1 fully saturated rings. The van der Waals surface area contributed by atoms with Crippen molar-refractivity contribution in [2.75, 3.05) is 24.5 Å². The van der Waals surface area contributed by atoms with Crippen LogP contribution in [-0.2, 0) is 0 Å². The second-order valence-corrected chi connectivity index (χ2v) is 4.40. The van der Waals surface area contributed by atoms with Crippen molar-refractivity contribution in [3.05, 3.63) is 23.1 Å². The minimum atomic E-state index is -0.340. The zero-order chi connectivity index (χ0) is 11.5. The largest absolute Gasteiger partial charge is 0.349 e. The third-order valence-corrected chi connectivity index (χ3v) is 2.93. The Balaban J connectivity index is 2.23. The van der Waals surface area contributed by atoms with Gasteiger partial charge in [-0.05, 0) is 12.5 Å². The first-order valence-corrected chi connectivity index (χ1v) is 5.88. The maximum atomic E-state index is 13.7. The number of nitrogens with zero attached hydrogens (tertiary/aromatic N) is 2. The van der Waals surface area contributed by atoms with Gasteiger partial charge in [0.25, 0.3) is 0 Å². The summed E-state index contributed by atoms with van der Waals surface area (Å²) in [6.07, 6.45) is 2.47. The van der Waals surface area contributed by atoms with Gasteiger partial charge >= 0.3 is 0 Å². The summed E-state index contributed by atoms with van der Waals surface area (Å²) in [4.78, 5) is 6.11. The predicted molar refractivity (Wildman–Crippen MR) is 63.5 cm³/mol. The first-order valence-electron chi connectivity index (χ1n) is 5.50. The molecular formula is C11H15ClFN3. The molecule has 0 radical (unpaired) electrons. The molecule has 2 heterocycles. The Bertz CT molecular complexity index is 368. The molecule has 0 atom stereocenters. The maximum absolute atomic E-state index is 13.7. The van der Waals surface area contributed by atoms with Gasteiger partial charge in [-0.15, -0.1) is 0 Å². The Kier molecular flexibility index (Phi) is 3.61. The van der Waals surface area contributed by atoms with Gasteiger partial charge in [0, 0.05) is 25.8 Å². The van der Waals surface area contributed by atoms with Gasteiger partial charge in [0.15, 0.2) is 11.6 Å². The summed E-state index contributed by atoms with van der Waals surface area (Å²) in [6, 6.07) is 1.67. The Morgan fingerprint density at radius 3 is 2.88 bits per heavy atom. The summed E-state index contributed by atoms with van der Waals surface area (Å²) < 4.78 is 13.7. The number of rotatable bonds is 4. The van der Waals surface area contributed by atoms with Crippen LogP contribution in [0.1, 0.15) is 13.3 Å². The molecule has 3 nitrogen and oxygen atoms in total. The first kappa shape index (κ1) is 11.6. The van der Waals surface area contributed by atoms with E-state index in [-0.39, 0.29) is 5.82 Å². The van der Waals surface area contributed by atoms with Crippen molar-refractivity contribution in [3.8, 4) is 0 Å². The van der Waals surface area contributed by atoms with E-state index in [1.807, 2.05) is 4.90 Å². The van der Waals surface area contributed by atoms with Crippen molar-refractivity contribution >= 4 is 17.4 Å². The average Bonchev–Trinajstić information content (AvgIpc) is 2.14. The van der Waals surface area contributed by atoms with Gasteiger partial charge in [0.1, 0.15) is 0 Å². The highest BCUT2D eigenvalue weighted by molar-refractivity contribution is 6.30. The van der Waals surface area contributed by atoms with E-state index in [1.165, 1.54) is 12.3 Å². The quantitative estimate of drug-likeness (QED) is 0.878. The van der Waals surface area contributed by atoms with Crippen molar-refractivity contribution in [2.45, 2.75) is 19.4 Å². The Morgan fingerprint density at radius 1 is 1.62 bits per heavy atom. The zero-order valence-electron chi connectivity index (χ0n) is 9.21. The summed E-state index contributed by atoms with van der Waals surface area (Å²) >= 11 is 5.69. The Hall–Kier alpha value is -0.870. The van der Waals surface area contributed by atoms with E-state index in [4.69, 9.17) is 11.6 Å². The number of anilines is 1. The number of aromatic nitrogens is 1. The van der Waals surface area contributed by atoms with Gasteiger partial charge in [0.05, 0.1) is 11.1 Å². The van der Waals surface area contributed by atoms with Gasteiger partial charge in [-0.2, -0.15) is 0 Å². The summed E-state index contributed by atoms with van der Waals surface area (Å²) in [6.45, 7) is 4.68. The van der Waals surface area contributed by atoms with Crippen molar-refractivity contribution in [2.24, 2.45) is 0 Å². The van der Waals surface area contributed by atoms with Crippen LogP contribution in [0.2, 0.25) is 5.02 Å². The maximum Gasteiger partial charge on any atom is 0.167 e. The topological polar surface area (TPSA) is 28.2 Å². The molecule has 0 amide bonds. The second kappa shape index (κ2) is 4.97. The molecule has 1 aliphatic rings. The lowest BCUT2D eigenvalue weighted by molar-refractivity contribution is 0.406. The van der Waals surface area contributed by atoms with Crippen LogP contribution in [0.5, 0.6) is 0 Å². The lowest BCUT2D eigenvalue weighted by Gasteiger charge is -2.39. The van der Waals surface area contributed by atoms with Crippen LogP contribution in [0.15, 0.2) is 12.3 Å².